The van der Waals surface area contributed by atoms with Crippen molar-refractivity contribution in [1.82, 2.24) is 15.5 Å². The first-order valence-electron chi connectivity index (χ1n) is 13.0. The van der Waals surface area contributed by atoms with Gasteiger partial charge in [-0.05, 0) is 65.7 Å². The molecule has 0 aromatic heterocycles. The zero-order chi connectivity index (χ0) is 30.0. The van der Waals surface area contributed by atoms with E-state index in [-0.39, 0.29) is 18.9 Å². The Bertz CT molecular complexity index is 951. The highest BCUT2D eigenvalue weighted by Gasteiger charge is 2.37. The predicted molar refractivity (Wildman–Crippen MR) is 148 cm³/mol. The summed E-state index contributed by atoms with van der Waals surface area (Å²) in [6.07, 6.45) is -1.14. The number of carbonyl (C=O) groups is 3. The van der Waals surface area contributed by atoms with E-state index < -0.39 is 41.5 Å². The molecule has 0 fully saturated rings. The normalized spacial score (nSPS) is 13.3. The van der Waals surface area contributed by atoms with Crippen LogP contribution in [-0.4, -0.2) is 87.3 Å². The molecule has 2 N–H and O–H groups in total. The molecule has 0 saturated carbocycles. The Labute approximate surface area is 232 Å². The van der Waals surface area contributed by atoms with E-state index in [1.807, 2.05) is 27.7 Å². The van der Waals surface area contributed by atoms with Crippen LogP contribution in [0.4, 0.5) is 4.79 Å². The van der Waals surface area contributed by atoms with Gasteiger partial charge in [0.15, 0.2) is 17.8 Å². The number of hydrogen-bond donors (Lipinski definition) is 2. The van der Waals surface area contributed by atoms with E-state index in [0.717, 1.165) is 0 Å². The molecule has 0 bridgehead atoms. The van der Waals surface area contributed by atoms with Crippen LogP contribution in [0.2, 0.25) is 0 Å². The number of methoxy groups -OCH3 is 4. The van der Waals surface area contributed by atoms with Crippen LogP contribution in [0, 0.1) is 0 Å². The summed E-state index contributed by atoms with van der Waals surface area (Å²) >= 11 is 0. The molecule has 0 aliphatic heterocycles. The Morgan fingerprint density at radius 1 is 0.923 bits per heavy atom. The summed E-state index contributed by atoms with van der Waals surface area (Å²) in [7, 11) is 5.95. The largest absolute Gasteiger partial charge is 0.493 e. The van der Waals surface area contributed by atoms with Gasteiger partial charge in [-0.25, -0.2) is 4.79 Å². The van der Waals surface area contributed by atoms with E-state index in [0.29, 0.717) is 23.5 Å². The van der Waals surface area contributed by atoms with Gasteiger partial charge in [0.25, 0.3) is 0 Å². The SMILES string of the molecule is CCC(C(=O)NC(C)(C)C)N(CC(OC)OC)C(=O)[C@H](Cc1ccc(OC)c(OC)c1)NC(=O)OC(C)(C)C. The van der Waals surface area contributed by atoms with E-state index >= 15 is 0 Å². The quantitative estimate of drug-likeness (QED) is 0.357. The number of carbonyl (C=O) groups excluding carboxylic acids is 3. The fourth-order valence-electron chi connectivity index (χ4n) is 3.87. The van der Waals surface area contributed by atoms with Crippen molar-refractivity contribution in [2.75, 3.05) is 35.0 Å². The summed E-state index contributed by atoms with van der Waals surface area (Å²) < 4.78 is 26.9. The highest BCUT2D eigenvalue weighted by Crippen LogP contribution is 2.28. The van der Waals surface area contributed by atoms with Crippen LogP contribution in [0.25, 0.3) is 0 Å². The van der Waals surface area contributed by atoms with Gasteiger partial charge in [-0.1, -0.05) is 13.0 Å². The van der Waals surface area contributed by atoms with Crippen molar-refractivity contribution in [3.05, 3.63) is 23.8 Å². The number of ether oxygens (including phenoxy) is 5. The number of hydrogen-bond acceptors (Lipinski definition) is 8. The van der Waals surface area contributed by atoms with Gasteiger partial charge in [0.05, 0.1) is 20.8 Å². The fourth-order valence-corrected chi connectivity index (χ4v) is 3.87. The minimum atomic E-state index is -1.08. The summed E-state index contributed by atoms with van der Waals surface area (Å²) in [5.41, 5.74) is -0.602. The number of rotatable bonds is 13. The van der Waals surface area contributed by atoms with Crippen molar-refractivity contribution >= 4 is 17.9 Å². The molecule has 39 heavy (non-hydrogen) atoms. The van der Waals surface area contributed by atoms with Crippen LogP contribution in [-0.2, 0) is 30.2 Å². The average molecular weight is 554 g/mol. The van der Waals surface area contributed by atoms with Crippen molar-refractivity contribution in [2.45, 2.75) is 90.8 Å². The van der Waals surface area contributed by atoms with Crippen LogP contribution < -0.4 is 20.1 Å². The van der Waals surface area contributed by atoms with Crippen molar-refractivity contribution in [3.63, 3.8) is 0 Å². The smallest absolute Gasteiger partial charge is 0.408 e. The molecule has 2 atom stereocenters. The number of amides is 3. The Morgan fingerprint density at radius 2 is 1.51 bits per heavy atom. The summed E-state index contributed by atoms with van der Waals surface area (Å²) in [6, 6.07) is 3.30. The number of nitrogens with one attached hydrogen (secondary N) is 2. The van der Waals surface area contributed by atoms with Gasteiger partial charge in [0, 0.05) is 26.2 Å². The van der Waals surface area contributed by atoms with Crippen LogP contribution in [0.15, 0.2) is 18.2 Å². The monoisotopic (exact) mass is 553 g/mol. The van der Waals surface area contributed by atoms with Crippen molar-refractivity contribution in [2.24, 2.45) is 0 Å². The number of benzene rings is 1. The molecule has 3 amide bonds. The van der Waals surface area contributed by atoms with Crippen molar-refractivity contribution in [1.29, 1.82) is 0 Å². The third kappa shape index (κ3) is 11.3. The molecular formula is C28H47N3O8. The lowest BCUT2D eigenvalue weighted by atomic mass is 10.0. The van der Waals surface area contributed by atoms with E-state index in [1.54, 1.807) is 39.0 Å². The Morgan fingerprint density at radius 3 is 1.97 bits per heavy atom. The maximum Gasteiger partial charge on any atom is 0.408 e. The van der Waals surface area contributed by atoms with Crippen LogP contribution >= 0.6 is 0 Å². The lowest BCUT2D eigenvalue weighted by molar-refractivity contribution is -0.156. The molecule has 1 aromatic carbocycles. The van der Waals surface area contributed by atoms with Crippen molar-refractivity contribution in [3.8, 4) is 11.5 Å². The Balaban J connectivity index is 3.53. The van der Waals surface area contributed by atoms with Gasteiger partial charge in [0.1, 0.15) is 17.7 Å². The van der Waals surface area contributed by atoms with Gasteiger partial charge in [-0.15, -0.1) is 0 Å². The maximum absolute atomic E-state index is 14.2. The fraction of sp³-hybridized carbons (Fsp3) is 0.679. The third-order valence-corrected chi connectivity index (χ3v) is 5.60. The molecule has 222 valence electrons. The molecule has 11 heteroatoms. The lowest BCUT2D eigenvalue weighted by Crippen LogP contribution is -2.60. The molecular weight excluding hydrogens is 506 g/mol. The Kier molecular flexibility index (Phi) is 13.0. The second-order valence-electron chi connectivity index (χ2n) is 11.1. The molecule has 11 nitrogen and oxygen atoms in total. The first-order chi connectivity index (χ1) is 18.1. The molecule has 0 heterocycles. The molecule has 0 aliphatic rings. The zero-order valence-corrected chi connectivity index (χ0v) is 25.3. The topological polar surface area (TPSA) is 125 Å². The van der Waals surface area contributed by atoms with Gasteiger partial charge >= 0.3 is 6.09 Å². The molecule has 0 radical (unpaired) electrons. The maximum atomic E-state index is 14.2. The van der Waals surface area contributed by atoms with Crippen LogP contribution in [0.5, 0.6) is 11.5 Å². The predicted octanol–water partition coefficient (Wildman–Crippen LogP) is 3.28. The highest BCUT2D eigenvalue weighted by atomic mass is 16.7. The van der Waals surface area contributed by atoms with Gasteiger partial charge in [0.2, 0.25) is 11.8 Å². The highest BCUT2D eigenvalue weighted by molar-refractivity contribution is 5.91. The first kappa shape index (κ1) is 34.0. The van der Waals surface area contributed by atoms with E-state index in [4.69, 9.17) is 23.7 Å². The second kappa shape index (κ2) is 14.9. The zero-order valence-electron chi connectivity index (χ0n) is 25.3. The van der Waals surface area contributed by atoms with Crippen molar-refractivity contribution < 1.29 is 38.1 Å². The molecule has 1 rings (SSSR count). The number of nitrogens with zero attached hydrogens (tertiary/aromatic N) is 1. The van der Waals surface area contributed by atoms with E-state index in [2.05, 4.69) is 10.6 Å². The molecule has 0 aliphatic carbocycles. The number of alkyl carbamates (subject to hydrolysis) is 1. The summed E-state index contributed by atoms with van der Waals surface area (Å²) in [5.74, 6) is 0.182. The summed E-state index contributed by atoms with van der Waals surface area (Å²) in [4.78, 5) is 41.7. The minimum Gasteiger partial charge on any atom is -0.493 e. The average Bonchev–Trinajstić information content (AvgIpc) is 2.83. The molecule has 1 unspecified atom stereocenters. The second-order valence-corrected chi connectivity index (χ2v) is 11.1. The Hall–Kier alpha value is -3.05. The third-order valence-electron chi connectivity index (χ3n) is 5.60. The van der Waals surface area contributed by atoms with Crippen LogP contribution in [0.1, 0.15) is 60.5 Å². The minimum absolute atomic E-state index is 0.0413. The molecule has 0 saturated heterocycles. The van der Waals surface area contributed by atoms with Gasteiger partial charge in [-0.2, -0.15) is 0 Å². The molecule has 1 aromatic rings. The van der Waals surface area contributed by atoms with Gasteiger partial charge < -0.3 is 39.2 Å². The molecule has 0 spiro atoms. The standard InChI is InChI=1S/C28H47N3O8/c1-12-20(24(32)30-27(2,3)4)31(17-23(37-10)38-11)25(33)19(29-26(34)39-28(5,6)7)15-18-13-14-21(35-8)22(16-18)36-9/h13-14,16,19-20,23H,12,15,17H2,1-11H3,(H,29,34)(H,30,32)/t19-,20?/m0/s1. The van der Waals surface area contributed by atoms with E-state index in [9.17, 15) is 14.4 Å². The summed E-state index contributed by atoms with van der Waals surface area (Å²) in [6.45, 7) is 12.6. The summed E-state index contributed by atoms with van der Waals surface area (Å²) in [5, 5.41) is 5.65. The van der Waals surface area contributed by atoms with E-state index in [1.165, 1.54) is 33.3 Å². The van der Waals surface area contributed by atoms with Crippen LogP contribution in [0.3, 0.4) is 0 Å². The first-order valence-corrected chi connectivity index (χ1v) is 13.0. The van der Waals surface area contributed by atoms with Gasteiger partial charge in [-0.3, -0.25) is 9.59 Å². The lowest BCUT2D eigenvalue weighted by Gasteiger charge is -2.36.